The van der Waals surface area contributed by atoms with Crippen LogP contribution in [-0.4, -0.2) is 33.2 Å². The molecule has 6 nitrogen and oxygen atoms in total. The Hall–Kier alpha value is -0.950. The lowest BCUT2D eigenvalue weighted by molar-refractivity contribution is -0.153. The third-order valence-electron chi connectivity index (χ3n) is 2.46. The molecular weight excluding hydrogens is 234 g/mol. The molecule has 2 unspecified atom stereocenters. The number of hydrogen-bond acceptors (Lipinski definition) is 5. The van der Waals surface area contributed by atoms with Crippen molar-refractivity contribution in [1.29, 1.82) is 0 Å². The second-order valence-electron chi connectivity index (χ2n) is 4.02. The van der Waals surface area contributed by atoms with Gasteiger partial charge in [0.05, 0.1) is 18.1 Å². The predicted octanol–water partition coefficient (Wildman–Crippen LogP) is -0.349. The molecule has 1 fully saturated rings. The Kier molecular flexibility index (Phi) is 4.03. The van der Waals surface area contributed by atoms with Gasteiger partial charge in [0.2, 0.25) is 10.0 Å². The van der Waals surface area contributed by atoms with Crippen LogP contribution in [0.5, 0.6) is 0 Å². The minimum atomic E-state index is -3.28. The first-order chi connectivity index (χ1) is 7.34. The van der Waals surface area contributed by atoms with Crippen LogP contribution in [0.4, 0.5) is 0 Å². The summed E-state index contributed by atoms with van der Waals surface area (Å²) in [6, 6.07) is 0. The Morgan fingerprint density at radius 3 is 2.56 bits per heavy atom. The lowest BCUT2D eigenvalue weighted by Gasteiger charge is -2.13. The SMILES string of the molecule is CNS(=O)(=O)CC(C)CC1CC(=O)OC1=O. The molecule has 0 aliphatic carbocycles. The van der Waals surface area contributed by atoms with Gasteiger partial charge in [-0.25, -0.2) is 13.1 Å². The fraction of sp³-hybridized carbons (Fsp3) is 0.778. The molecule has 0 aromatic carbocycles. The van der Waals surface area contributed by atoms with Crippen molar-refractivity contribution in [1.82, 2.24) is 4.72 Å². The van der Waals surface area contributed by atoms with Crippen molar-refractivity contribution in [3.8, 4) is 0 Å². The summed E-state index contributed by atoms with van der Waals surface area (Å²) in [6.45, 7) is 1.73. The van der Waals surface area contributed by atoms with E-state index in [4.69, 9.17) is 0 Å². The first kappa shape index (κ1) is 13.1. The van der Waals surface area contributed by atoms with Crippen molar-refractivity contribution in [2.75, 3.05) is 12.8 Å². The highest BCUT2D eigenvalue weighted by Gasteiger charge is 2.34. The van der Waals surface area contributed by atoms with Crippen LogP contribution >= 0.6 is 0 Å². The number of ether oxygens (including phenoxy) is 1. The number of cyclic esters (lactones) is 2. The molecule has 1 N–H and O–H groups in total. The quantitative estimate of drug-likeness (QED) is 0.531. The van der Waals surface area contributed by atoms with Gasteiger partial charge >= 0.3 is 11.9 Å². The van der Waals surface area contributed by atoms with E-state index in [1.54, 1.807) is 6.92 Å². The van der Waals surface area contributed by atoms with Crippen LogP contribution in [0.2, 0.25) is 0 Å². The largest absolute Gasteiger partial charge is 0.393 e. The normalized spacial score (nSPS) is 23.2. The molecule has 0 saturated carbocycles. The lowest BCUT2D eigenvalue weighted by Crippen LogP contribution is -2.27. The van der Waals surface area contributed by atoms with Gasteiger partial charge in [0.15, 0.2) is 0 Å². The summed E-state index contributed by atoms with van der Waals surface area (Å²) in [5.41, 5.74) is 0. The third-order valence-corrected chi connectivity index (χ3v) is 4.09. The number of carbonyl (C=O) groups is 2. The van der Waals surface area contributed by atoms with Gasteiger partial charge in [0.25, 0.3) is 0 Å². The summed E-state index contributed by atoms with van der Waals surface area (Å²) in [4.78, 5) is 22.0. The van der Waals surface area contributed by atoms with Crippen molar-refractivity contribution in [3.05, 3.63) is 0 Å². The number of rotatable bonds is 5. The predicted molar refractivity (Wildman–Crippen MR) is 55.8 cm³/mol. The molecule has 1 heterocycles. The number of nitrogens with one attached hydrogen (secondary N) is 1. The maximum atomic E-state index is 11.2. The van der Waals surface area contributed by atoms with Crippen molar-refractivity contribution in [3.63, 3.8) is 0 Å². The molecule has 16 heavy (non-hydrogen) atoms. The zero-order valence-corrected chi connectivity index (χ0v) is 10.0. The fourth-order valence-electron chi connectivity index (χ4n) is 1.71. The summed E-state index contributed by atoms with van der Waals surface area (Å²) in [5, 5.41) is 0. The maximum Gasteiger partial charge on any atom is 0.317 e. The van der Waals surface area contributed by atoms with Gasteiger partial charge in [-0.15, -0.1) is 0 Å². The van der Waals surface area contributed by atoms with Crippen LogP contribution < -0.4 is 4.72 Å². The van der Waals surface area contributed by atoms with E-state index in [2.05, 4.69) is 9.46 Å². The number of sulfonamides is 1. The summed E-state index contributed by atoms with van der Waals surface area (Å²) in [5.74, 6) is -1.81. The molecule has 2 atom stereocenters. The second kappa shape index (κ2) is 4.92. The highest BCUT2D eigenvalue weighted by atomic mass is 32.2. The lowest BCUT2D eigenvalue weighted by atomic mass is 9.96. The van der Waals surface area contributed by atoms with Crippen LogP contribution in [0.15, 0.2) is 0 Å². The zero-order valence-electron chi connectivity index (χ0n) is 9.23. The van der Waals surface area contributed by atoms with Gasteiger partial charge in [0, 0.05) is 0 Å². The molecule has 1 aliphatic rings. The Labute approximate surface area is 94.4 Å². The van der Waals surface area contributed by atoms with Gasteiger partial charge in [-0.1, -0.05) is 6.92 Å². The van der Waals surface area contributed by atoms with Gasteiger partial charge in [0.1, 0.15) is 0 Å². The Morgan fingerprint density at radius 2 is 2.12 bits per heavy atom. The average Bonchev–Trinajstić information content (AvgIpc) is 2.44. The van der Waals surface area contributed by atoms with E-state index in [0.717, 1.165) is 0 Å². The minimum Gasteiger partial charge on any atom is -0.393 e. The monoisotopic (exact) mass is 249 g/mol. The van der Waals surface area contributed by atoms with Crippen LogP contribution in [0.1, 0.15) is 19.8 Å². The summed E-state index contributed by atoms with van der Waals surface area (Å²) in [6.07, 6.45) is 0.411. The zero-order chi connectivity index (χ0) is 12.3. The molecule has 1 aliphatic heterocycles. The number of hydrogen-bond donors (Lipinski definition) is 1. The van der Waals surface area contributed by atoms with Gasteiger partial charge in [-0.3, -0.25) is 9.59 Å². The molecule has 1 saturated heterocycles. The maximum absolute atomic E-state index is 11.2. The minimum absolute atomic E-state index is 0.0541. The third kappa shape index (κ3) is 3.57. The average molecular weight is 249 g/mol. The standard InChI is InChI=1S/C9H15NO5S/c1-6(5-16(13,14)10-2)3-7-4-8(11)15-9(7)12/h6-7,10H,3-5H2,1-2H3. The Morgan fingerprint density at radius 1 is 1.50 bits per heavy atom. The summed E-state index contributed by atoms with van der Waals surface area (Å²) < 4.78 is 29.1. The van der Waals surface area contributed by atoms with Crippen molar-refractivity contribution >= 4 is 22.0 Å². The molecule has 0 radical (unpaired) electrons. The second-order valence-corrected chi connectivity index (χ2v) is 5.99. The van der Waals surface area contributed by atoms with E-state index >= 15 is 0 Å². The molecule has 1 rings (SSSR count). The fourth-order valence-corrected chi connectivity index (χ4v) is 2.76. The van der Waals surface area contributed by atoms with Crippen molar-refractivity contribution in [2.45, 2.75) is 19.8 Å². The van der Waals surface area contributed by atoms with Crippen LogP contribution in [-0.2, 0) is 24.3 Å². The van der Waals surface area contributed by atoms with Crippen LogP contribution in [0, 0.1) is 11.8 Å². The first-order valence-electron chi connectivity index (χ1n) is 5.00. The molecule has 0 aromatic rings. The summed E-state index contributed by atoms with van der Waals surface area (Å²) >= 11 is 0. The number of carbonyl (C=O) groups excluding carboxylic acids is 2. The first-order valence-corrected chi connectivity index (χ1v) is 6.65. The van der Waals surface area contributed by atoms with Crippen molar-refractivity contribution in [2.24, 2.45) is 11.8 Å². The molecule has 7 heteroatoms. The molecule has 0 amide bonds. The smallest absolute Gasteiger partial charge is 0.317 e. The van der Waals surface area contributed by atoms with Gasteiger partial charge < -0.3 is 4.74 Å². The van der Waals surface area contributed by atoms with E-state index in [1.165, 1.54) is 7.05 Å². The van der Waals surface area contributed by atoms with Gasteiger partial charge in [-0.2, -0.15) is 0 Å². The highest BCUT2D eigenvalue weighted by Crippen LogP contribution is 2.24. The van der Waals surface area contributed by atoms with Crippen LogP contribution in [0.25, 0.3) is 0 Å². The van der Waals surface area contributed by atoms with E-state index in [9.17, 15) is 18.0 Å². The van der Waals surface area contributed by atoms with E-state index in [0.29, 0.717) is 6.42 Å². The molecule has 0 aromatic heterocycles. The van der Waals surface area contributed by atoms with Crippen LogP contribution in [0.3, 0.4) is 0 Å². The van der Waals surface area contributed by atoms with E-state index < -0.39 is 27.9 Å². The number of esters is 2. The highest BCUT2D eigenvalue weighted by molar-refractivity contribution is 7.89. The summed E-state index contributed by atoms with van der Waals surface area (Å²) in [7, 11) is -1.94. The van der Waals surface area contributed by atoms with Crippen molar-refractivity contribution < 1.29 is 22.7 Å². The molecule has 92 valence electrons. The van der Waals surface area contributed by atoms with E-state index in [-0.39, 0.29) is 18.1 Å². The van der Waals surface area contributed by atoms with E-state index in [1.807, 2.05) is 0 Å². The topological polar surface area (TPSA) is 89.5 Å². The van der Waals surface area contributed by atoms with Gasteiger partial charge in [-0.05, 0) is 19.4 Å². The molecular formula is C9H15NO5S. The Bertz CT molecular complexity index is 389. The molecule has 0 bridgehead atoms. The Balaban J connectivity index is 2.49. The molecule has 0 spiro atoms.